The molecule has 0 aliphatic carbocycles. The minimum absolute atomic E-state index is 0.260. The van der Waals surface area contributed by atoms with E-state index in [-0.39, 0.29) is 11.0 Å². The first kappa shape index (κ1) is 23.3. The maximum absolute atomic E-state index is 12.6. The molecule has 3 aromatic carbocycles. The van der Waals surface area contributed by atoms with Gasteiger partial charge in [0.15, 0.2) is 5.12 Å². The lowest BCUT2D eigenvalue weighted by molar-refractivity contribution is -0.127. The predicted octanol–water partition coefficient (Wildman–Crippen LogP) is 6.28. The minimum Gasteiger partial charge on any atom is -0.392 e. The molecular formula is C28H32O2S. The van der Waals surface area contributed by atoms with Gasteiger partial charge in [-0.3, -0.25) is 4.79 Å². The molecule has 2 atom stereocenters. The lowest BCUT2D eigenvalue weighted by Gasteiger charge is -2.42. The Hall–Kier alpha value is -2.36. The molecule has 0 aliphatic rings. The molecular weight excluding hydrogens is 400 g/mol. The zero-order valence-electron chi connectivity index (χ0n) is 18.5. The normalized spacial score (nSPS) is 14.8. The van der Waals surface area contributed by atoms with Crippen molar-refractivity contribution in [1.82, 2.24) is 0 Å². The third kappa shape index (κ3) is 4.78. The number of aliphatic hydroxyl groups is 1. The van der Waals surface area contributed by atoms with Crippen molar-refractivity contribution in [3.8, 4) is 0 Å². The minimum atomic E-state index is -0.944. The van der Waals surface area contributed by atoms with E-state index in [0.29, 0.717) is 12.8 Å². The second kappa shape index (κ2) is 9.84. The Morgan fingerprint density at radius 2 is 1.13 bits per heavy atom. The summed E-state index contributed by atoms with van der Waals surface area (Å²) in [5.41, 5.74) is 1.71. The maximum atomic E-state index is 12.6. The number of hydrogen-bond acceptors (Lipinski definition) is 2. The molecule has 3 rings (SSSR count). The maximum Gasteiger partial charge on any atom is 0.194 e. The zero-order valence-corrected chi connectivity index (χ0v) is 19.4. The number of carbonyl (C=O) groups is 1. The molecule has 1 N–H and O–H groups in total. The molecule has 0 heterocycles. The molecule has 0 aliphatic heterocycles. The molecule has 2 unspecified atom stereocenters. The third-order valence-corrected chi connectivity index (χ3v) is 6.87. The first-order valence-electron chi connectivity index (χ1n) is 10.9. The number of carbonyl (C=O) groups excluding carboxylic acids is 1. The molecule has 3 heteroatoms. The molecule has 0 spiro atoms. The van der Waals surface area contributed by atoms with Crippen LogP contribution in [0.15, 0.2) is 91.0 Å². The van der Waals surface area contributed by atoms with Gasteiger partial charge in [-0.1, -0.05) is 105 Å². The van der Waals surface area contributed by atoms with Crippen molar-refractivity contribution >= 4 is 17.7 Å². The number of rotatable bonds is 9. The van der Waals surface area contributed by atoms with Crippen molar-refractivity contribution < 1.29 is 9.90 Å². The molecule has 31 heavy (non-hydrogen) atoms. The van der Waals surface area contributed by atoms with Gasteiger partial charge in [-0.05, 0) is 42.4 Å². The van der Waals surface area contributed by atoms with Gasteiger partial charge >= 0.3 is 0 Å². The number of benzene rings is 3. The van der Waals surface area contributed by atoms with Gasteiger partial charge < -0.3 is 5.11 Å². The van der Waals surface area contributed by atoms with Gasteiger partial charge in [0.2, 0.25) is 0 Å². The third-order valence-electron chi connectivity index (χ3n) is 6.36. The van der Waals surface area contributed by atoms with Crippen molar-refractivity contribution in [3.05, 3.63) is 108 Å². The molecule has 0 fully saturated rings. The molecule has 0 saturated carbocycles. The van der Waals surface area contributed by atoms with Gasteiger partial charge in [0, 0.05) is 5.41 Å². The lowest BCUT2D eigenvalue weighted by Crippen LogP contribution is -2.44. The Morgan fingerprint density at radius 1 is 0.774 bits per heavy atom. The molecule has 0 amide bonds. The van der Waals surface area contributed by atoms with Crippen molar-refractivity contribution in [2.24, 2.45) is 11.3 Å². The van der Waals surface area contributed by atoms with Crippen LogP contribution in [0.3, 0.4) is 0 Å². The monoisotopic (exact) mass is 432 g/mol. The summed E-state index contributed by atoms with van der Waals surface area (Å²) in [6, 6.07) is 30.8. The predicted molar refractivity (Wildman–Crippen MR) is 131 cm³/mol. The van der Waals surface area contributed by atoms with Gasteiger partial charge in [0.05, 0.1) is 11.5 Å². The van der Waals surface area contributed by atoms with Crippen LogP contribution in [0.2, 0.25) is 0 Å². The van der Waals surface area contributed by atoms with Gasteiger partial charge in [-0.15, -0.1) is 12.6 Å². The van der Waals surface area contributed by atoms with Gasteiger partial charge in [-0.25, -0.2) is 0 Å². The van der Waals surface area contributed by atoms with Crippen molar-refractivity contribution in [2.45, 2.75) is 45.1 Å². The van der Waals surface area contributed by atoms with Crippen LogP contribution in [-0.4, -0.2) is 16.3 Å². The van der Waals surface area contributed by atoms with E-state index < -0.39 is 16.9 Å². The zero-order chi connectivity index (χ0) is 22.5. The van der Waals surface area contributed by atoms with Crippen LogP contribution < -0.4 is 0 Å². The Kier molecular flexibility index (Phi) is 7.40. The summed E-state index contributed by atoms with van der Waals surface area (Å²) in [6.07, 6.45) is 0.0754. The van der Waals surface area contributed by atoms with Crippen LogP contribution >= 0.6 is 12.6 Å². The van der Waals surface area contributed by atoms with Gasteiger partial charge in [0.25, 0.3) is 0 Å². The summed E-state index contributed by atoms with van der Waals surface area (Å²) in [4.78, 5) is 12.6. The molecule has 162 valence electrons. The van der Waals surface area contributed by atoms with Gasteiger partial charge in [0.1, 0.15) is 0 Å². The van der Waals surface area contributed by atoms with Crippen LogP contribution in [0.5, 0.6) is 0 Å². The van der Waals surface area contributed by atoms with Crippen LogP contribution in [0, 0.1) is 11.3 Å². The fourth-order valence-corrected chi connectivity index (χ4v) is 4.99. The number of aliphatic hydroxyl groups excluding tert-OH is 1. The lowest BCUT2D eigenvalue weighted by atomic mass is 9.63. The summed E-state index contributed by atoms with van der Waals surface area (Å²) < 4.78 is 0. The van der Waals surface area contributed by atoms with E-state index in [9.17, 15) is 9.90 Å². The molecule has 0 radical (unpaired) electrons. The Bertz CT molecular complexity index is 873. The van der Waals surface area contributed by atoms with Crippen molar-refractivity contribution in [1.29, 1.82) is 0 Å². The van der Waals surface area contributed by atoms with E-state index >= 15 is 0 Å². The SMILES string of the molecule is CC(C)CC(C)(C(=O)S)C(O)CC(c1ccccc1)(c1ccccc1)c1ccccc1. The van der Waals surface area contributed by atoms with Gasteiger partial charge in [-0.2, -0.15) is 0 Å². The Labute approximate surface area is 191 Å². The standard InChI is InChI=1S/C28H32O2S/c1-21(2)19-27(3,26(30)31)25(29)20-28(22-13-7-4-8-14-22,23-15-9-5-10-16-23)24-17-11-6-12-18-24/h4-18,21,25,29H,19-20H2,1-3H3,(H,30,31). The molecule has 2 nitrogen and oxygen atoms in total. The van der Waals surface area contributed by atoms with Crippen LogP contribution in [-0.2, 0) is 10.2 Å². The van der Waals surface area contributed by atoms with E-state index in [1.807, 2.05) is 61.5 Å². The second-order valence-electron chi connectivity index (χ2n) is 9.04. The van der Waals surface area contributed by atoms with Crippen molar-refractivity contribution in [2.75, 3.05) is 0 Å². The van der Waals surface area contributed by atoms with E-state index in [4.69, 9.17) is 0 Å². The quantitative estimate of drug-likeness (QED) is 0.308. The summed E-state index contributed by atoms with van der Waals surface area (Å²) in [5, 5.41) is 11.4. The highest BCUT2D eigenvalue weighted by atomic mass is 32.1. The van der Waals surface area contributed by atoms with Crippen LogP contribution in [0.25, 0.3) is 0 Å². The Balaban J connectivity index is 2.24. The summed E-state index contributed by atoms with van der Waals surface area (Å²) in [5.74, 6) is 0.260. The Morgan fingerprint density at radius 3 is 1.42 bits per heavy atom. The highest BCUT2D eigenvalue weighted by molar-refractivity contribution is 7.96. The first-order valence-corrected chi connectivity index (χ1v) is 11.3. The topological polar surface area (TPSA) is 37.3 Å². The summed E-state index contributed by atoms with van der Waals surface area (Å²) >= 11 is 4.21. The largest absolute Gasteiger partial charge is 0.392 e. The molecule has 3 aromatic rings. The smallest absolute Gasteiger partial charge is 0.194 e. The van der Waals surface area contributed by atoms with Crippen LogP contribution in [0.1, 0.15) is 50.3 Å². The fraction of sp³-hybridized carbons (Fsp3) is 0.321. The average Bonchev–Trinajstić information content (AvgIpc) is 2.78. The highest BCUT2D eigenvalue weighted by Gasteiger charge is 2.46. The number of thiol groups is 1. The van der Waals surface area contributed by atoms with Crippen LogP contribution in [0.4, 0.5) is 0 Å². The molecule has 0 saturated heterocycles. The number of hydrogen-bond donors (Lipinski definition) is 2. The van der Waals surface area contributed by atoms with Crippen molar-refractivity contribution in [3.63, 3.8) is 0 Å². The summed E-state index contributed by atoms with van der Waals surface area (Å²) in [6.45, 7) is 5.99. The highest BCUT2D eigenvalue weighted by Crippen LogP contribution is 2.46. The second-order valence-corrected chi connectivity index (χ2v) is 9.45. The average molecular weight is 433 g/mol. The van der Waals surface area contributed by atoms with E-state index in [0.717, 1.165) is 16.7 Å². The first-order chi connectivity index (χ1) is 14.8. The molecule has 0 aromatic heterocycles. The van der Waals surface area contributed by atoms with E-state index in [2.05, 4.69) is 62.9 Å². The fourth-order valence-electron chi connectivity index (χ4n) is 4.75. The van der Waals surface area contributed by atoms with E-state index in [1.54, 1.807) is 0 Å². The molecule has 0 bridgehead atoms. The summed E-state index contributed by atoms with van der Waals surface area (Å²) in [7, 11) is 0. The van der Waals surface area contributed by atoms with E-state index in [1.165, 1.54) is 0 Å².